The lowest BCUT2D eigenvalue weighted by atomic mass is 9.85. The average Bonchev–Trinajstić information content (AvgIpc) is 2.42. The smallest absolute Gasteiger partial charge is 0.387 e. The lowest BCUT2D eigenvalue weighted by Crippen LogP contribution is -2.65. The molecule has 1 aliphatic carbocycles. The summed E-state index contributed by atoms with van der Waals surface area (Å²) < 4.78 is 61.8. The first-order chi connectivity index (χ1) is 11.6. The van der Waals surface area contributed by atoms with Gasteiger partial charge in [0.1, 0.15) is 36.6 Å². The monoisotopic (exact) mass is 448 g/mol. The third-order valence-corrected chi connectivity index (χ3v) is 5.05. The Bertz CT molecular complexity index is 629. The molecular formula is C8H18O15P2S. The molecule has 18 heteroatoms. The van der Waals surface area contributed by atoms with Crippen LogP contribution < -0.4 is 0 Å². The van der Waals surface area contributed by atoms with Crippen LogP contribution >= 0.6 is 15.6 Å². The zero-order valence-electron chi connectivity index (χ0n) is 12.9. The summed E-state index contributed by atoms with van der Waals surface area (Å²) in [6.45, 7) is 0.826. The van der Waals surface area contributed by atoms with E-state index >= 15 is 0 Å². The summed E-state index contributed by atoms with van der Waals surface area (Å²) in [7, 11) is -15.6. The highest BCUT2D eigenvalue weighted by Crippen LogP contribution is 2.46. The number of phosphoric ester groups is 2. The van der Waals surface area contributed by atoms with Gasteiger partial charge in [0.25, 0.3) is 0 Å². The van der Waals surface area contributed by atoms with E-state index in [1.807, 2.05) is 0 Å². The van der Waals surface area contributed by atoms with Crippen molar-refractivity contribution >= 4 is 26.0 Å². The molecule has 2 unspecified atom stereocenters. The van der Waals surface area contributed by atoms with Crippen LogP contribution in [0.4, 0.5) is 0 Å². The molecule has 1 saturated carbocycles. The van der Waals surface area contributed by atoms with E-state index in [2.05, 4.69) is 17.4 Å². The Morgan fingerprint density at radius 2 is 1.15 bits per heavy atom. The molecule has 1 rings (SSSR count). The Kier molecular flexibility index (Phi) is 7.89. The van der Waals surface area contributed by atoms with Crippen molar-refractivity contribution in [2.45, 2.75) is 43.5 Å². The van der Waals surface area contributed by atoms with Crippen molar-refractivity contribution in [3.63, 3.8) is 0 Å². The van der Waals surface area contributed by atoms with E-state index in [-0.39, 0.29) is 0 Å². The van der Waals surface area contributed by atoms with Gasteiger partial charge in [-0.3, -0.25) is 9.05 Å². The second-order valence-electron chi connectivity index (χ2n) is 4.97. The molecule has 0 aromatic rings. The van der Waals surface area contributed by atoms with Gasteiger partial charge in [0.05, 0.1) is 6.61 Å². The molecule has 0 aromatic heterocycles. The summed E-state index contributed by atoms with van der Waals surface area (Å²) >= 11 is 0. The minimum absolute atomic E-state index is 0.422. The number of hydrogen-bond acceptors (Lipinski definition) is 11. The highest BCUT2D eigenvalue weighted by atomic mass is 32.3. The Hall–Kier alpha value is -0.0300. The Morgan fingerprint density at radius 3 is 1.46 bits per heavy atom. The van der Waals surface area contributed by atoms with Crippen LogP contribution in [-0.2, 0) is 36.9 Å². The SMILES string of the molecule is CCOS(=O)(=O)OC1[C@H](O)[C@H](OP(=O)(O)O)C(O)[C@H](OP(=O)(O)O)[C@H]1O. The molecule has 156 valence electrons. The zero-order valence-corrected chi connectivity index (χ0v) is 15.5. The van der Waals surface area contributed by atoms with Gasteiger partial charge in [-0.15, -0.1) is 0 Å². The van der Waals surface area contributed by atoms with Crippen LogP contribution in [0.1, 0.15) is 6.92 Å². The van der Waals surface area contributed by atoms with E-state index in [1.54, 1.807) is 0 Å². The van der Waals surface area contributed by atoms with E-state index in [1.165, 1.54) is 6.92 Å². The Balaban J connectivity index is 3.25. The van der Waals surface area contributed by atoms with Crippen LogP contribution in [0.15, 0.2) is 0 Å². The fourth-order valence-electron chi connectivity index (χ4n) is 2.16. The summed E-state index contributed by atoms with van der Waals surface area (Å²) in [5.74, 6) is 0. The molecule has 15 nitrogen and oxygen atoms in total. The molecular weight excluding hydrogens is 430 g/mol. The number of rotatable bonds is 8. The maximum absolute atomic E-state index is 11.5. The van der Waals surface area contributed by atoms with E-state index in [0.717, 1.165) is 0 Å². The minimum atomic E-state index is -5.38. The van der Waals surface area contributed by atoms with Gasteiger partial charge < -0.3 is 34.9 Å². The van der Waals surface area contributed by atoms with Gasteiger partial charge in [-0.25, -0.2) is 17.5 Å². The second-order valence-corrected chi connectivity index (χ2v) is 8.60. The molecule has 0 spiro atoms. The van der Waals surface area contributed by atoms with E-state index in [9.17, 15) is 32.9 Å². The number of aliphatic hydroxyl groups excluding tert-OH is 3. The van der Waals surface area contributed by atoms with Gasteiger partial charge in [-0.1, -0.05) is 0 Å². The third kappa shape index (κ3) is 6.85. The van der Waals surface area contributed by atoms with Crippen LogP contribution in [0.25, 0.3) is 0 Å². The molecule has 26 heavy (non-hydrogen) atoms. The summed E-state index contributed by atoms with van der Waals surface area (Å²) in [5, 5.41) is 29.9. The van der Waals surface area contributed by atoms with E-state index < -0.39 is 69.3 Å². The molecule has 0 amide bonds. The van der Waals surface area contributed by atoms with E-state index in [4.69, 9.17) is 19.6 Å². The topological polar surface area (TPSA) is 247 Å². The minimum Gasteiger partial charge on any atom is -0.387 e. The first-order valence-corrected chi connectivity index (χ1v) is 11.1. The fraction of sp³-hybridized carbons (Fsp3) is 1.00. The molecule has 0 aliphatic heterocycles. The van der Waals surface area contributed by atoms with Gasteiger partial charge in [0, 0.05) is 0 Å². The van der Waals surface area contributed by atoms with Gasteiger partial charge in [-0.2, -0.15) is 8.42 Å². The van der Waals surface area contributed by atoms with Crippen LogP contribution in [0.5, 0.6) is 0 Å². The summed E-state index contributed by atoms with van der Waals surface area (Å²) in [6.07, 6.45) is -14.2. The highest BCUT2D eigenvalue weighted by molar-refractivity contribution is 7.81. The average molecular weight is 448 g/mol. The van der Waals surface area contributed by atoms with E-state index in [0.29, 0.717) is 0 Å². The zero-order chi connectivity index (χ0) is 20.5. The molecule has 0 aromatic carbocycles. The summed E-state index contributed by atoms with van der Waals surface area (Å²) in [6, 6.07) is 0. The molecule has 1 aliphatic rings. The van der Waals surface area contributed by atoms with Crippen molar-refractivity contribution in [1.82, 2.24) is 0 Å². The lowest BCUT2D eigenvalue weighted by Gasteiger charge is -2.43. The van der Waals surface area contributed by atoms with Crippen molar-refractivity contribution in [3.8, 4) is 0 Å². The molecule has 7 N–H and O–H groups in total. The third-order valence-electron chi connectivity index (χ3n) is 3.03. The largest absolute Gasteiger partial charge is 0.470 e. The standard InChI is InChI=1S/C8H18O15P2S/c1-2-20-26(18,19)23-8-4(10)6(21-24(12,13)14)3(9)7(5(8)11)22-25(15,16)17/h3-11H,2H2,1H3,(H2,12,13,14)(H2,15,16,17)/t3?,4-,5-,6-,7+,8?/m1/s1. The predicted octanol–water partition coefficient (Wildman–Crippen LogP) is -3.29. The second kappa shape index (κ2) is 8.55. The van der Waals surface area contributed by atoms with Crippen molar-refractivity contribution in [2.75, 3.05) is 6.61 Å². The molecule has 0 saturated heterocycles. The molecule has 1 fully saturated rings. The first-order valence-electron chi connectivity index (χ1n) is 6.67. The molecule has 0 heterocycles. The van der Waals surface area contributed by atoms with Crippen molar-refractivity contribution < 1.29 is 69.9 Å². The van der Waals surface area contributed by atoms with Gasteiger partial charge >= 0.3 is 26.0 Å². The number of hydrogen-bond donors (Lipinski definition) is 7. The van der Waals surface area contributed by atoms with Gasteiger partial charge in [0.15, 0.2) is 0 Å². The Labute approximate surface area is 146 Å². The van der Waals surface area contributed by atoms with Crippen molar-refractivity contribution in [1.29, 1.82) is 0 Å². The van der Waals surface area contributed by atoms with Crippen LogP contribution in [-0.4, -0.2) is 86.5 Å². The Morgan fingerprint density at radius 1 is 0.808 bits per heavy atom. The fourth-order valence-corrected chi connectivity index (χ4v) is 4.13. The highest BCUT2D eigenvalue weighted by Gasteiger charge is 2.56. The van der Waals surface area contributed by atoms with Crippen LogP contribution in [0.3, 0.4) is 0 Å². The summed E-state index contributed by atoms with van der Waals surface area (Å²) in [4.78, 5) is 35.3. The van der Waals surface area contributed by atoms with Crippen LogP contribution in [0.2, 0.25) is 0 Å². The first kappa shape index (κ1) is 24.0. The quantitative estimate of drug-likeness (QED) is 0.180. The summed E-state index contributed by atoms with van der Waals surface area (Å²) in [5.41, 5.74) is 0. The maximum Gasteiger partial charge on any atom is 0.470 e. The number of phosphoric acid groups is 2. The van der Waals surface area contributed by atoms with Gasteiger partial charge in [0.2, 0.25) is 0 Å². The van der Waals surface area contributed by atoms with Crippen LogP contribution in [0, 0.1) is 0 Å². The lowest BCUT2D eigenvalue weighted by molar-refractivity contribution is -0.210. The molecule has 6 atom stereocenters. The van der Waals surface area contributed by atoms with Crippen molar-refractivity contribution in [3.05, 3.63) is 0 Å². The number of aliphatic hydroxyl groups is 3. The molecule has 0 radical (unpaired) electrons. The normalized spacial score (nSPS) is 34.0. The van der Waals surface area contributed by atoms with Gasteiger partial charge in [-0.05, 0) is 6.92 Å². The maximum atomic E-state index is 11.5. The predicted molar refractivity (Wildman–Crippen MR) is 77.3 cm³/mol. The molecule has 0 bridgehead atoms. The van der Waals surface area contributed by atoms with Crippen molar-refractivity contribution in [2.24, 2.45) is 0 Å².